The second-order valence-electron chi connectivity index (χ2n) is 4.99. The van der Waals surface area contributed by atoms with Gasteiger partial charge in [-0.1, -0.05) is 26.0 Å². The number of aromatic nitrogens is 4. The smallest absolute Gasteiger partial charge is 0.328 e. The van der Waals surface area contributed by atoms with Crippen LogP contribution in [0.4, 0.5) is 5.69 Å². The minimum atomic E-state index is -0.586. The molecule has 1 aromatic carbocycles. The summed E-state index contributed by atoms with van der Waals surface area (Å²) < 4.78 is 6.06. The topological polar surface area (TPSA) is 99.0 Å². The molecule has 0 atom stereocenters. The SMILES string of the molecule is CC(C)c1ccc(NC(=O)COC(=O)Cn2cnnn2)cc1. The summed E-state index contributed by atoms with van der Waals surface area (Å²) in [6, 6.07) is 7.53. The predicted molar refractivity (Wildman–Crippen MR) is 77.9 cm³/mol. The zero-order valence-corrected chi connectivity index (χ0v) is 12.4. The fraction of sp³-hybridized carbons (Fsp3) is 0.357. The first-order valence-electron chi connectivity index (χ1n) is 6.81. The van der Waals surface area contributed by atoms with Crippen LogP contribution in [0, 0.1) is 0 Å². The van der Waals surface area contributed by atoms with Crippen molar-refractivity contribution in [3.63, 3.8) is 0 Å². The minimum Gasteiger partial charge on any atom is -0.454 e. The molecule has 116 valence electrons. The number of benzene rings is 1. The standard InChI is InChI=1S/C14H17N5O3/c1-10(2)11-3-5-12(6-4-11)16-13(20)8-22-14(21)7-19-9-15-17-18-19/h3-6,9-10H,7-8H2,1-2H3,(H,16,20). The molecule has 0 aliphatic heterocycles. The van der Waals surface area contributed by atoms with E-state index < -0.39 is 11.9 Å². The summed E-state index contributed by atoms with van der Waals surface area (Å²) in [7, 11) is 0. The normalized spacial score (nSPS) is 10.5. The number of nitrogens with one attached hydrogen (secondary N) is 1. The molecule has 8 heteroatoms. The largest absolute Gasteiger partial charge is 0.454 e. The van der Waals surface area contributed by atoms with E-state index in [-0.39, 0.29) is 13.2 Å². The van der Waals surface area contributed by atoms with Crippen LogP contribution in [0.25, 0.3) is 0 Å². The van der Waals surface area contributed by atoms with Crippen molar-refractivity contribution < 1.29 is 14.3 Å². The van der Waals surface area contributed by atoms with Crippen molar-refractivity contribution in [2.45, 2.75) is 26.3 Å². The number of tetrazole rings is 1. The highest BCUT2D eigenvalue weighted by Gasteiger charge is 2.09. The van der Waals surface area contributed by atoms with Gasteiger partial charge in [-0.05, 0) is 34.0 Å². The van der Waals surface area contributed by atoms with Crippen LogP contribution < -0.4 is 5.32 Å². The van der Waals surface area contributed by atoms with E-state index >= 15 is 0 Å². The quantitative estimate of drug-likeness (QED) is 0.799. The summed E-state index contributed by atoms with van der Waals surface area (Å²) in [6.45, 7) is 3.70. The highest BCUT2D eigenvalue weighted by molar-refractivity contribution is 5.92. The van der Waals surface area contributed by atoms with Gasteiger partial charge in [0.15, 0.2) is 6.61 Å². The molecule has 0 radical (unpaired) electrons. The molecular formula is C14H17N5O3. The Balaban J connectivity index is 1.76. The van der Waals surface area contributed by atoms with Gasteiger partial charge in [0, 0.05) is 5.69 Å². The third-order valence-electron chi connectivity index (χ3n) is 2.91. The molecule has 0 fully saturated rings. The number of hydrogen-bond donors (Lipinski definition) is 1. The van der Waals surface area contributed by atoms with Crippen LogP contribution in [0.2, 0.25) is 0 Å². The van der Waals surface area contributed by atoms with Gasteiger partial charge in [0.05, 0.1) is 0 Å². The van der Waals surface area contributed by atoms with Gasteiger partial charge in [0.25, 0.3) is 5.91 Å². The second-order valence-corrected chi connectivity index (χ2v) is 4.99. The summed E-state index contributed by atoms with van der Waals surface area (Å²) >= 11 is 0. The zero-order chi connectivity index (χ0) is 15.9. The van der Waals surface area contributed by atoms with E-state index in [1.807, 2.05) is 24.3 Å². The number of nitrogens with zero attached hydrogens (tertiary/aromatic N) is 4. The van der Waals surface area contributed by atoms with Gasteiger partial charge >= 0.3 is 5.97 Å². The highest BCUT2D eigenvalue weighted by atomic mass is 16.5. The first-order chi connectivity index (χ1) is 10.5. The summed E-state index contributed by atoms with van der Waals surface area (Å²) in [6.07, 6.45) is 1.29. The molecule has 0 aliphatic carbocycles. The van der Waals surface area contributed by atoms with Gasteiger partial charge in [-0.3, -0.25) is 9.59 Å². The number of rotatable bonds is 6. The van der Waals surface area contributed by atoms with E-state index in [4.69, 9.17) is 4.74 Å². The number of esters is 1. The average molecular weight is 303 g/mol. The maximum atomic E-state index is 11.7. The maximum Gasteiger partial charge on any atom is 0.328 e. The molecule has 1 aromatic heterocycles. The number of carbonyl (C=O) groups is 2. The van der Waals surface area contributed by atoms with Crippen LogP contribution >= 0.6 is 0 Å². The van der Waals surface area contributed by atoms with Gasteiger partial charge in [-0.25, -0.2) is 4.68 Å². The third kappa shape index (κ3) is 4.65. The first-order valence-corrected chi connectivity index (χ1v) is 6.81. The summed E-state index contributed by atoms with van der Waals surface area (Å²) in [5.41, 5.74) is 1.84. The number of amides is 1. The predicted octanol–water partition coefficient (Wildman–Crippen LogP) is 0.978. The van der Waals surface area contributed by atoms with Gasteiger partial charge in [0.1, 0.15) is 12.9 Å². The monoisotopic (exact) mass is 303 g/mol. The Morgan fingerprint density at radius 1 is 1.27 bits per heavy atom. The highest BCUT2D eigenvalue weighted by Crippen LogP contribution is 2.16. The maximum absolute atomic E-state index is 11.7. The van der Waals surface area contributed by atoms with Crippen molar-refractivity contribution in [2.75, 3.05) is 11.9 Å². The molecule has 1 amide bonds. The van der Waals surface area contributed by atoms with Crippen molar-refractivity contribution in [3.05, 3.63) is 36.2 Å². The van der Waals surface area contributed by atoms with Crippen LogP contribution in [0.3, 0.4) is 0 Å². The molecule has 0 saturated carbocycles. The summed E-state index contributed by atoms with van der Waals surface area (Å²) in [5.74, 6) is -0.558. The lowest BCUT2D eigenvalue weighted by Gasteiger charge is -2.09. The van der Waals surface area contributed by atoms with E-state index in [2.05, 4.69) is 34.7 Å². The Morgan fingerprint density at radius 2 is 2.00 bits per heavy atom. The number of hydrogen-bond acceptors (Lipinski definition) is 6. The molecule has 0 saturated heterocycles. The van der Waals surface area contributed by atoms with Gasteiger partial charge in [-0.2, -0.15) is 0 Å². The Bertz CT molecular complexity index is 622. The molecule has 8 nitrogen and oxygen atoms in total. The molecular weight excluding hydrogens is 286 g/mol. The van der Waals surface area contributed by atoms with Gasteiger partial charge < -0.3 is 10.1 Å². The Kier molecular flexibility index (Phi) is 5.18. The Morgan fingerprint density at radius 3 is 2.59 bits per heavy atom. The molecule has 1 heterocycles. The molecule has 0 spiro atoms. The molecule has 0 unspecified atom stereocenters. The van der Waals surface area contributed by atoms with E-state index in [9.17, 15) is 9.59 Å². The van der Waals surface area contributed by atoms with Crippen LogP contribution in [0.15, 0.2) is 30.6 Å². The lowest BCUT2D eigenvalue weighted by Crippen LogP contribution is -2.23. The summed E-state index contributed by atoms with van der Waals surface area (Å²) in [5, 5.41) is 13.0. The average Bonchev–Trinajstić information content (AvgIpc) is 2.98. The number of anilines is 1. The lowest BCUT2D eigenvalue weighted by molar-refractivity contribution is -0.148. The van der Waals surface area contributed by atoms with E-state index in [1.165, 1.54) is 16.6 Å². The van der Waals surface area contributed by atoms with Crippen molar-refractivity contribution in [2.24, 2.45) is 0 Å². The molecule has 22 heavy (non-hydrogen) atoms. The Labute approximate surface area is 127 Å². The lowest BCUT2D eigenvalue weighted by atomic mass is 10.0. The van der Waals surface area contributed by atoms with E-state index in [0.717, 1.165) is 0 Å². The molecule has 2 rings (SSSR count). The second kappa shape index (κ2) is 7.30. The summed E-state index contributed by atoms with van der Waals surface area (Å²) in [4.78, 5) is 23.2. The van der Waals surface area contributed by atoms with Gasteiger partial charge in [0.2, 0.25) is 0 Å². The van der Waals surface area contributed by atoms with Crippen LogP contribution in [0.5, 0.6) is 0 Å². The fourth-order valence-electron chi connectivity index (χ4n) is 1.73. The number of carbonyl (C=O) groups excluding carboxylic acids is 2. The Hall–Kier alpha value is -2.77. The van der Waals surface area contributed by atoms with E-state index in [1.54, 1.807) is 0 Å². The van der Waals surface area contributed by atoms with Crippen LogP contribution in [-0.2, 0) is 20.9 Å². The number of ether oxygens (including phenoxy) is 1. The zero-order valence-electron chi connectivity index (χ0n) is 12.4. The van der Waals surface area contributed by atoms with Gasteiger partial charge in [-0.15, -0.1) is 5.10 Å². The van der Waals surface area contributed by atoms with Crippen molar-refractivity contribution >= 4 is 17.6 Å². The molecule has 2 aromatic rings. The molecule has 0 aliphatic rings. The van der Waals surface area contributed by atoms with Crippen molar-refractivity contribution in [1.29, 1.82) is 0 Å². The van der Waals surface area contributed by atoms with Crippen LogP contribution in [0.1, 0.15) is 25.3 Å². The molecule has 0 bridgehead atoms. The fourth-order valence-corrected chi connectivity index (χ4v) is 1.73. The van der Waals surface area contributed by atoms with Crippen molar-refractivity contribution in [3.8, 4) is 0 Å². The first kappa shape index (κ1) is 15.6. The van der Waals surface area contributed by atoms with Crippen molar-refractivity contribution in [1.82, 2.24) is 20.2 Å². The van der Waals surface area contributed by atoms with Crippen LogP contribution in [-0.4, -0.2) is 38.7 Å². The third-order valence-corrected chi connectivity index (χ3v) is 2.91. The minimum absolute atomic E-state index is 0.136. The molecule has 1 N–H and O–H groups in total. The van der Waals surface area contributed by atoms with E-state index in [0.29, 0.717) is 11.6 Å².